The minimum absolute atomic E-state index is 0.328. The van der Waals surface area contributed by atoms with E-state index in [1.165, 1.54) is 7.11 Å². The zero-order valence-electron chi connectivity index (χ0n) is 8.96. The zero-order valence-corrected chi connectivity index (χ0v) is 8.96. The summed E-state index contributed by atoms with van der Waals surface area (Å²) in [5.74, 6) is -1.26. The molecule has 0 heterocycles. The number of methoxy groups -OCH3 is 1. The smallest absolute Gasteiger partial charge is 0.315 e. The molecule has 86 valence electrons. The largest absolute Gasteiger partial charge is 0.469 e. The number of hydrogen-bond donors (Lipinski definition) is 0. The van der Waals surface area contributed by atoms with Crippen molar-refractivity contribution in [2.24, 2.45) is 5.92 Å². The van der Waals surface area contributed by atoms with Gasteiger partial charge in [0.2, 0.25) is 6.54 Å². The second kappa shape index (κ2) is 5.85. The maximum atomic E-state index is 11.3. The highest BCUT2D eigenvalue weighted by molar-refractivity contribution is 5.72. The van der Waals surface area contributed by atoms with Crippen molar-refractivity contribution in [1.82, 2.24) is 0 Å². The first-order valence-corrected chi connectivity index (χ1v) is 4.87. The molecule has 1 rings (SSSR count). The van der Waals surface area contributed by atoms with Gasteiger partial charge in [-0.2, -0.15) is 0 Å². The fraction of sp³-hybridized carbons (Fsp3) is 0.364. The second-order valence-electron chi connectivity index (χ2n) is 3.43. The summed E-state index contributed by atoms with van der Waals surface area (Å²) < 4.78 is 4.54. The van der Waals surface area contributed by atoms with Gasteiger partial charge in [-0.05, 0) is 12.0 Å². The van der Waals surface area contributed by atoms with Crippen LogP contribution in [0.3, 0.4) is 0 Å². The maximum absolute atomic E-state index is 11.3. The molecule has 0 aliphatic heterocycles. The Balaban J connectivity index is 2.70. The monoisotopic (exact) mass is 223 g/mol. The summed E-state index contributed by atoms with van der Waals surface area (Å²) in [6.07, 6.45) is 0.328. The highest BCUT2D eigenvalue weighted by Crippen LogP contribution is 2.10. The van der Waals surface area contributed by atoms with Gasteiger partial charge in [0, 0.05) is 4.92 Å². The normalized spacial score (nSPS) is 11.8. The molecule has 1 atom stereocenters. The van der Waals surface area contributed by atoms with Crippen LogP contribution in [-0.4, -0.2) is 24.5 Å². The van der Waals surface area contributed by atoms with Gasteiger partial charge in [-0.25, -0.2) is 0 Å². The van der Waals surface area contributed by atoms with Crippen molar-refractivity contribution in [3.8, 4) is 0 Å². The van der Waals surface area contributed by atoms with Crippen molar-refractivity contribution in [3.63, 3.8) is 0 Å². The third kappa shape index (κ3) is 3.68. The molecule has 5 heteroatoms. The van der Waals surface area contributed by atoms with Gasteiger partial charge in [0.25, 0.3) is 0 Å². The van der Waals surface area contributed by atoms with Gasteiger partial charge < -0.3 is 4.74 Å². The summed E-state index contributed by atoms with van der Waals surface area (Å²) in [6.45, 7) is -0.401. The van der Waals surface area contributed by atoms with E-state index in [9.17, 15) is 14.9 Å². The number of benzene rings is 1. The Morgan fingerprint density at radius 3 is 2.56 bits per heavy atom. The third-order valence-corrected chi connectivity index (χ3v) is 2.23. The van der Waals surface area contributed by atoms with E-state index < -0.39 is 23.4 Å². The van der Waals surface area contributed by atoms with Gasteiger partial charge in [0.15, 0.2) is 0 Å². The molecule has 0 N–H and O–H groups in total. The molecule has 0 saturated carbocycles. The lowest BCUT2D eigenvalue weighted by Crippen LogP contribution is -2.26. The van der Waals surface area contributed by atoms with E-state index in [1.807, 2.05) is 30.3 Å². The van der Waals surface area contributed by atoms with E-state index in [2.05, 4.69) is 4.74 Å². The molecule has 0 bridgehead atoms. The fourth-order valence-corrected chi connectivity index (χ4v) is 1.47. The van der Waals surface area contributed by atoms with Gasteiger partial charge in [0.05, 0.1) is 7.11 Å². The van der Waals surface area contributed by atoms with Crippen molar-refractivity contribution in [1.29, 1.82) is 0 Å². The molecule has 16 heavy (non-hydrogen) atoms. The topological polar surface area (TPSA) is 69.4 Å². The molecule has 0 radical (unpaired) electrons. The number of rotatable bonds is 5. The standard InChI is InChI=1S/C11H13NO4/c1-16-11(13)10(8-12(14)15)7-9-5-3-2-4-6-9/h2-6,10H,7-8H2,1H3. The molecule has 0 aromatic heterocycles. The Bertz CT molecular complexity index is 364. The van der Waals surface area contributed by atoms with Crippen LogP contribution < -0.4 is 0 Å². The number of esters is 1. The van der Waals surface area contributed by atoms with Crippen LogP contribution in [0.2, 0.25) is 0 Å². The Labute approximate surface area is 93.2 Å². The molecule has 0 spiro atoms. The SMILES string of the molecule is COC(=O)C(Cc1ccccc1)C[N+](=O)[O-]. The van der Waals surface area contributed by atoms with Crippen molar-refractivity contribution >= 4 is 5.97 Å². The summed E-state index contributed by atoms with van der Waals surface area (Å²) >= 11 is 0. The van der Waals surface area contributed by atoms with Gasteiger partial charge >= 0.3 is 5.97 Å². The van der Waals surface area contributed by atoms with E-state index in [4.69, 9.17) is 0 Å². The summed E-state index contributed by atoms with van der Waals surface area (Å²) in [7, 11) is 1.24. The minimum Gasteiger partial charge on any atom is -0.469 e. The number of nitrogens with zero attached hydrogens (tertiary/aromatic N) is 1. The van der Waals surface area contributed by atoms with E-state index in [-0.39, 0.29) is 0 Å². The van der Waals surface area contributed by atoms with Crippen molar-refractivity contribution < 1.29 is 14.5 Å². The summed E-state index contributed by atoms with van der Waals surface area (Å²) in [6, 6.07) is 9.17. The molecular weight excluding hydrogens is 210 g/mol. The molecule has 0 fully saturated rings. The Kier molecular flexibility index (Phi) is 4.44. The number of ether oxygens (including phenoxy) is 1. The van der Waals surface area contributed by atoms with E-state index >= 15 is 0 Å². The van der Waals surface area contributed by atoms with Crippen LogP contribution >= 0.6 is 0 Å². The molecule has 1 aromatic carbocycles. The van der Waals surface area contributed by atoms with Crippen LogP contribution in [0.5, 0.6) is 0 Å². The van der Waals surface area contributed by atoms with Crippen LogP contribution in [0.1, 0.15) is 5.56 Å². The van der Waals surface area contributed by atoms with Gasteiger partial charge in [-0.3, -0.25) is 14.9 Å². The molecule has 0 amide bonds. The predicted molar refractivity (Wildman–Crippen MR) is 57.5 cm³/mol. The Morgan fingerprint density at radius 2 is 2.06 bits per heavy atom. The second-order valence-corrected chi connectivity index (χ2v) is 3.43. The maximum Gasteiger partial charge on any atom is 0.315 e. The highest BCUT2D eigenvalue weighted by Gasteiger charge is 2.25. The highest BCUT2D eigenvalue weighted by atomic mass is 16.6. The van der Waals surface area contributed by atoms with Crippen LogP contribution in [-0.2, 0) is 16.0 Å². The first-order chi connectivity index (χ1) is 7.63. The Morgan fingerprint density at radius 1 is 1.44 bits per heavy atom. The number of carbonyl (C=O) groups excluding carboxylic acids is 1. The summed E-state index contributed by atoms with van der Waals surface area (Å²) in [5, 5.41) is 10.4. The fourth-order valence-electron chi connectivity index (χ4n) is 1.47. The summed E-state index contributed by atoms with van der Waals surface area (Å²) in [4.78, 5) is 21.2. The minimum atomic E-state index is -0.720. The quantitative estimate of drug-likeness (QED) is 0.428. The van der Waals surface area contributed by atoms with E-state index in [0.29, 0.717) is 6.42 Å². The van der Waals surface area contributed by atoms with Crippen LogP contribution in [0.4, 0.5) is 0 Å². The molecule has 0 aliphatic rings. The number of hydrogen-bond acceptors (Lipinski definition) is 4. The average Bonchev–Trinajstić information content (AvgIpc) is 2.28. The Hall–Kier alpha value is -1.91. The van der Waals surface area contributed by atoms with Crippen LogP contribution in [0.25, 0.3) is 0 Å². The lowest BCUT2D eigenvalue weighted by molar-refractivity contribution is -0.486. The molecule has 1 unspecified atom stereocenters. The molecule has 1 aromatic rings. The van der Waals surface area contributed by atoms with Crippen LogP contribution in [0.15, 0.2) is 30.3 Å². The van der Waals surface area contributed by atoms with E-state index in [0.717, 1.165) is 5.56 Å². The molecular formula is C11H13NO4. The third-order valence-electron chi connectivity index (χ3n) is 2.23. The first kappa shape index (κ1) is 12.2. The lowest BCUT2D eigenvalue weighted by atomic mass is 10.00. The van der Waals surface area contributed by atoms with Crippen LogP contribution in [0, 0.1) is 16.0 Å². The molecule has 5 nitrogen and oxygen atoms in total. The van der Waals surface area contributed by atoms with Gasteiger partial charge in [-0.15, -0.1) is 0 Å². The predicted octanol–water partition coefficient (Wildman–Crippen LogP) is 1.29. The first-order valence-electron chi connectivity index (χ1n) is 4.87. The number of nitro groups is 1. The zero-order chi connectivity index (χ0) is 12.0. The van der Waals surface area contributed by atoms with E-state index in [1.54, 1.807) is 0 Å². The molecule has 0 saturated heterocycles. The van der Waals surface area contributed by atoms with Crippen molar-refractivity contribution in [2.75, 3.05) is 13.7 Å². The van der Waals surface area contributed by atoms with Crippen molar-refractivity contribution in [2.45, 2.75) is 6.42 Å². The lowest BCUT2D eigenvalue weighted by Gasteiger charge is -2.10. The van der Waals surface area contributed by atoms with Crippen molar-refractivity contribution in [3.05, 3.63) is 46.0 Å². The number of carbonyl (C=O) groups is 1. The molecule has 0 aliphatic carbocycles. The average molecular weight is 223 g/mol. The van der Waals surface area contributed by atoms with Gasteiger partial charge in [0.1, 0.15) is 5.92 Å². The van der Waals surface area contributed by atoms with Gasteiger partial charge in [-0.1, -0.05) is 30.3 Å². The summed E-state index contributed by atoms with van der Waals surface area (Å²) in [5.41, 5.74) is 0.889.